The van der Waals surface area contributed by atoms with Crippen LogP contribution in [0.2, 0.25) is 0 Å². The molecule has 0 amide bonds. The van der Waals surface area contributed by atoms with Crippen LogP contribution in [0.4, 0.5) is 0 Å². The number of rotatable bonds is 5. The molecule has 0 unspecified atom stereocenters. The third-order valence-corrected chi connectivity index (χ3v) is 7.07. The summed E-state index contributed by atoms with van der Waals surface area (Å²) >= 11 is 2.19. The van der Waals surface area contributed by atoms with Crippen molar-refractivity contribution in [3.8, 4) is 11.6 Å². The molecule has 0 aromatic carbocycles. The van der Waals surface area contributed by atoms with Crippen LogP contribution in [-0.2, 0) is 6.42 Å². The van der Waals surface area contributed by atoms with Crippen molar-refractivity contribution >= 4 is 17.7 Å². The SMILES string of the molecule is CCNC(=NCCc1nc(-c2ccco2)n[nH]1)N1CCSC2(CCCCC2)C1. The fourth-order valence-electron chi connectivity index (χ4n) is 4.14. The quantitative estimate of drug-likeness (QED) is 0.590. The Bertz CT molecular complexity index is 760. The van der Waals surface area contributed by atoms with E-state index in [4.69, 9.17) is 9.41 Å². The zero-order valence-corrected chi connectivity index (χ0v) is 17.4. The Morgan fingerprint density at radius 1 is 1.39 bits per heavy atom. The summed E-state index contributed by atoms with van der Waals surface area (Å²) in [5.41, 5.74) is 0. The minimum atomic E-state index is 0.440. The third-order valence-electron chi connectivity index (χ3n) is 5.53. The van der Waals surface area contributed by atoms with Gasteiger partial charge in [0, 0.05) is 43.1 Å². The highest BCUT2D eigenvalue weighted by Gasteiger charge is 2.38. The average molecular weight is 403 g/mol. The van der Waals surface area contributed by atoms with Crippen LogP contribution in [0.3, 0.4) is 0 Å². The van der Waals surface area contributed by atoms with Crippen molar-refractivity contribution in [1.82, 2.24) is 25.4 Å². The van der Waals surface area contributed by atoms with Crippen molar-refractivity contribution in [2.45, 2.75) is 50.2 Å². The maximum absolute atomic E-state index is 5.35. The molecule has 3 heterocycles. The Labute approximate surface area is 170 Å². The lowest BCUT2D eigenvalue weighted by molar-refractivity contribution is 0.293. The second-order valence-corrected chi connectivity index (χ2v) is 9.15. The van der Waals surface area contributed by atoms with E-state index < -0.39 is 0 Å². The third kappa shape index (κ3) is 4.54. The molecule has 0 bridgehead atoms. The largest absolute Gasteiger partial charge is 0.461 e. The number of hydrogen-bond acceptors (Lipinski definition) is 5. The monoisotopic (exact) mass is 402 g/mol. The van der Waals surface area contributed by atoms with Crippen LogP contribution in [0, 0.1) is 0 Å². The first-order valence-electron chi connectivity index (χ1n) is 10.4. The van der Waals surface area contributed by atoms with Gasteiger partial charge in [-0.1, -0.05) is 19.3 Å². The van der Waals surface area contributed by atoms with Crippen molar-refractivity contribution in [3.05, 3.63) is 24.2 Å². The number of aliphatic imine (C=N–C) groups is 1. The number of furan rings is 1. The van der Waals surface area contributed by atoms with Crippen LogP contribution < -0.4 is 5.32 Å². The molecule has 1 spiro atoms. The van der Waals surface area contributed by atoms with Crippen molar-refractivity contribution < 1.29 is 4.42 Å². The maximum Gasteiger partial charge on any atom is 0.216 e. The summed E-state index contributed by atoms with van der Waals surface area (Å²) in [5, 5.41) is 10.7. The molecule has 28 heavy (non-hydrogen) atoms. The van der Waals surface area contributed by atoms with Gasteiger partial charge in [0.1, 0.15) is 5.82 Å². The Morgan fingerprint density at radius 2 is 2.29 bits per heavy atom. The summed E-state index contributed by atoms with van der Waals surface area (Å²) in [7, 11) is 0. The lowest BCUT2D eigenvalue weighted by Gasteiger charge is -2.45. The standard InChI is InChI=1S/C20H30N6OS/c1-2-21-19(26-12-14-28-20(15-26)9-4-3-5-10-20)22-11-8-17-23-18(25-24-17)16-7-6-13-27-16/h6-7,13H,2-5,8-12,14-15H2,1H3,(H,21,22)(H,23,24,25). The van der Waals surface area contributed by atoms with Crippen molar-refractivity contribution in [1.29, 1.82) is 0 Å². The molecule has 0 radical (unpaired) electrons. The van der Waals surface area contributed by atoms with E-state index in [0.717, 1.165) is 37.8 Å². The molecule has 0 atom stereocenters. The number of aromatic nitrogens is 3. The number of thioether (sulfide) groups is 1. The van der Waals surface area contributed by atoms with E-state index in [1.165, 1.54) is 37.9 Å². The summed E-state index contributed by atoms with van der Waals surface area (Å²) in [6.45, 7) is 5.90. The van der Waals surface area contributed by atoms with Crippen molar-refractivity contribution in [2.24, 2.45) is 4.99 Å². The van der Waals surface area contributed by atoms with Crippen LogP contribution in [0.25, 0.3) is 11.6 Å². The highest BCUT2D eigenvalue weighted by molar-refractivity contribution is 8.00. The molecule has 2 aromatic rings. The number of aromatic amines is 1. The zero-order chi connectivity index (χ0) is 19.2. The summed E-state index contributed by atoms with van der Waals surface area (Å²) in [4.78, 5) is 11.9. The smallest absolute Gasteiger partial charge is 0.216 e. The first-order chi connectivity index (χ1) is 13.8. The number of H-pyrrole nitrogens is 1. The Kier molecular flexibility index (Phi) is 6.24. The van der Waals surface area contributed by atoms with E-state index in [0.29, 0.717) is 22.9 Å². The van der Waals surface area contributed by atoms with Gasteiger partial charge in [-0.15, -0.1) is 0 Å². The number of guanidine groups is 1. The van der Waals surface area contributed by atoms with Gasteiger partial charge >= 0.3 is 0 Å². The second-order valence-electron chi connectivity index (χ2n) is 7.58. The van der Waals surface area contributed by atoms with E-state index in [1.807, 2.05) is 12.1 Å². The molecule has 1 saturated heterocycles. The van der Waals surface area contributed by atoms with Gasteiger partial charge in [-0.25, -0.2) is 4.98 Å². The van der Waals surface area contributed by atoms with E-state index in [9.17, 15) is 0 Å². The Hall–Kier alpha value is -1.96. The molecule has 1 saturated carbocycles. The molecule has 1 aliphatic heterocycles. The fourth-order valence-corrected chi connectivity index (χ4v) is 5.71. The highest BCUT2D eigenvalue weighted by atomic mass is 32.2. The minimum Gasteiger partial charge on any atom is -0.461 e. The molecule has 2 aromatic heterocycles. The Balaban J connectivity index is 1.38. The van der Waals surface area contributed by atoms with E-state index >= 15 is 0 Å². The molecule has 8 heteroatoms. The van der Waals surface area contributed by atoms with Gasteiger partial charge in [0.05, 0.1) is 6.26 Å². The van der Waals surface area contributed by atoms with Crippen molar-refractivity contribution in [2.75, 3.05) is 31.9 Å². The maximum atomic E-state index is 5.35. The minimum absolute atomic E-state index is 0.440. The predicted octanol–water partition coefficient (Wildman–Crippen LogP) is 3.32. The van der Waals surface area contributed by atoms with Crippen LogP contribution in [0.15, 0.2) is 27.8 Å². The highest BCUT2D eigenvalue weighted by Crippen LogP contribution is 2.42. The number of nitrogens with zero attached hydrogens (tertiary/aromatic N) is 4. The van der Waals surface area contributed by atoms with Crippen molar-refractivity contribution in [3.63, 3.8) is 0 Å². The topological polar surface area (TPSA) is 82.3 Å². The van der Waals surface area contributed by atoms with Gasteiger partial charge in [0.15, 0.2) is 11.7 Å². The Morgan fingerprint density at radius 3 is 3.07 bits per heavy atom. The van der Waals surface area contributed by atoms with Gasteiger partial charge in [-0.3, -0.25) is 10.1 Å². The summed E-state index contributed by atoms with van der Waals surface area (Å²) < 4.78 is 5.79. The molecule has 2 N–H and O–H groups in total. The molecule has 7 nitrogen and oxygen atoms in total. The van der Waals surface area contributed by atoms with E-state index in [2.05, 4.69) is 44.1 Å². The number of hydrogen-bond donors (Lipinski definition) is 2. The summed E-state index contributed by atoms with van der Waals surface area (Å²) in [5.74, 6) is 4.35. The normalized spacial score (nSPS) is 19.9. The van der Waals surface area contributed by atoms with Gasteiger partial charge < -0.3 is 14.6 Å². The van der Waals surface area contributed by atoms with Crippen LogP contribution in [0.1, 0.15) is 44.9 Å². The fraction of sp³-hybridized carbons (Fsp3) is 0.650. The summed E-state index contributed by atoms with van der Waals surface area (Å²) in [6.07, 6.45) is 9.21. The lowest BCUT2D eigenvalue weighted by atomic mass is 9.87. The van der Waals surface area contributed by atoms with Crippen LogP contribution in [0.5, 0.6) is 0 Å². The van der Waals surface area contributed by atoms with E-state index in [-0.39, 0.29) is 0 Å². The van der Waals surface area contributed by atoms with Crippen LogP contribution >= 0.6 is 11.8 Å². The van der Waals surface area contributed by atoms with Gasteiger partial charge in [0.25, 0.3) is 0 Å². The predicted molar refractivity (Wildman–Crippen MR) is 114 cm³/mol. The van der Waals surface area contributed by atoms with Gasteiger partial charge in [-0.05, 0) is 31.9 Å². The van der Waals surface area contributed by atoms with Crippen LogP contribution in [-0.4, -0.2) is 62.7 Å². The molecular formula is C20H30N6OS. The second kappa shape index (κ2) is 9.03. The molecule has 4 rings (SSSR count). The molecule has 2 fully saturated rings. The van der Waals surface area contributed by atoms with E-state index in [1.54, 1.807) is 6.26 Å². The first-order valence-corrected chi connectivity index (χ1v) is 11.4. The van der Waals surface area contributed by atoms with Gasteiger partial charge in [0.2, 0.25) is 5.82 Å². The first kappa shape index (κ1) is 19.4. The zero-order valence-electron chi connectivity index (χ0n) is 16.6. The molecule has 2 aliphatic rings. The summed E-state index contributed by atoms with van der Waals surface area (Å²) in [6, 6.07) is 3.71. The molecule has 152 valence electrons. The number of nitrogens with one attached hydrogen (secondary N) is 2. The molecular weight excluding hydrogens is 372 g/mol. The average Bonchev–Trinajstić information content (AvgIpc) is 3.40. The van der Waals surface area contributed by atoms with Gasteiger partial charge in [-0.2, -0.15) is 16.9 Å². The molecule has 1 aliphatic carbocycles. The lowest BCUT2D eigenvalue weighted by Crippen LogP contribution is -2.53.